The predicted octanol–water partition coefficient (Wildman–Crippen LogP) is 1.87. The lowest BCUT2D eigenvalue weighted by Crippen LogP contribution is -2.45. The Balaban J connectivity index is 1.38. The highest BCUT2D eigenvalue weighted by atomic mass is 16.5. The Bertz CT molecular complexity index is 958. The van der Waals surface area contributed by atoms with Gasteiger partial charge in [-0.3, -0.25) is 14.3 Å². The number of hydrogen-bond acceptors (Lipinski definition) is 5. The van der Waals surface area contributed by atoms with Crippen LogP contribution in [0.15, 0.2) is 29.1 Å². The van der Waals surface area contributed by atoms with Crippen LogP contribution in [-0.4, -0.2) is 65.1 Å². The number of para-hydroxylation sites is 1. The van der Waals surface area contributed by atoms with Crippen LogP contribution in [0.4, 0.5) is 5.69 Å². The fraction of sp³-hybridized carbons (Fsp3) is 0.609. The van der Waals surface area contributed by atoms with Crippen LogP contribution in [-0.2, 0) is 29.0 Å². The maximum atomic E-state index is 13.0. The molecule has 1 aromatic carbocycles. The molecule has 0 bridgehead atoms. The molecule has 1 saturated heterocycles. The predicted molar refractivity (Wildman–Crippen MR) is 120 cm³/mol. The van der Waals surface area contributed by atoms with Gasteiger partial charge in [0.05, 0.1) is 19.7 Å². The molecule has 0 atom stereocenters. The van der Waals surface area contributed by atoms with E-state index in [0.717, 1.165) is 56.8 Å². The Hall–Kier alpha value is -2.45. The van der Waals surface area contributed by atoms with Crippen molar-refractivity contribution in [1.29, 1.82) is 0 Å². The molecule has 0 unspecified atom stereocenters. The van der Waals surface area contributed by atoms with Gasteiger partial charge in [-0.1, -0.05) is 18.2 Å². The Labute approximate surface area is 183 Å². The monoisotopic (exact) mass is 427 g/mol. The van der Waals surface area contributed by atoms with E-state index < -0.39 is 0 Å². The van der Waals surface area contributed by atoms with Gasteiger partial charge in [0, 0.05) is 31.8 Å². The Morgan fingerprint density at radius 2 is 1.97 bits per heavy atom. The van der Waals surface area contributed by atoms with Gasteiger partial charge >= 0.3 is 5.69 Å². The third-order valence-corrected chi connectivity index (χ3v) is 6.50. The fourth-order valence-electron chi connectivity index (χ4n) is 4.80. The molecule has 1 fully saturated rings. The highest BCUT2D eigenvalue weighted by Gasteiger charge is 2.29. The molecule has 8 nitrogen and oxygen atoms in total. The summed E-state index contributed by atoms with van der Waals surface area (Å²) in [5, 5.41) is 4.62. The molecule has 2 aliphatic heterocycles. The number of likely N-dealkylation sites (tertiary alicyclic amines) is 1. The van der Waals surface area contributed by atoms with Crippen molar-refractivity contribution in [2.75, 3.05) is 44.8 Å². The summed E-state index contributed by atoms with van der Waals surface area (Å²) in [5.74, 6) is 1.30. The third kappa shape index (κ3) is 4.60. The number of benzene rings is 1. The zero-order chi connectivity index (χ0) is 21.8. The van der Waals surface area contributed by atoms with Gasteiger partial charge in [0.1, 0.15) is 5.82 Å². The molecule has 0 spiro atoms. The average molecular weight is 428 g/mol. The summed E-state index contributed by atoms with van der Waals surface area (Å²) >= 11 is 0. The fourth-order valence-corrected chi connectivity index (χ4v) is 4.80. The van der Waals surface area contributed by atoms with Gasteiger partial charge in [-0.2, -0.15) is 5.10 Å². The zero-order valence-corrected chi connectivity index (χ0v) is 18.6. The first-order valence-electron chi connectivity index (χ1n) is 11.4. The number of aryl methyl sites for hydroxylation is 1. The van der Waals surface area contributed by atoms with Crippen molar-refractivity contribution < 1.29 is 9.53 Å². The zero-order valence-electron chi connectivity index (χ0n) is 18.6. The van der Waals surface area contributed by atoms with Crippen molar-refractivity contribution in [2.24, 2.45) is 0 Å². The summed E-state index contributed by atoms with van der Waals surface area (Å²) in [6, 6.07) is 8.24. The minimum Gasteiger partial charge on any atom is -0.383 e. The molecule has 0 aliphatic carbocycles. The van der Waals surface area contributed by atoms with E-state index in [1.807, 2.05) is 24.0 Å². The lowest BCUT2D eigenvalue weighted by molar-refractivity contribution is -0.120. The van der Waals surface area contributed by atoms with Crippen LogP contribution < -0.4 is 10.6 Å². The van der Waals surface area contributed by atoms with E-state index in [0.29, 0.717) is 26.2 Å². The summed E-state index contributed by atoms with van der Waals surface area (Å²) in [5.41, 5.74) is 2.28. The topological polar surface area (TPSA) is 72.6 Å². The molecule has 1 amide bonds. The number of hydrogen-bond donors (Lipinski definition) is 0. The second kappa shape index (κ2) is 9.78. The van der Waals surface area contributed by atoms with Gasteiger partial charge in [-0.15, -0.1) is 0 Å². The third-order valence-electron chi connectivity index (χ3n) is 6.50. The van der Waals surface area contributed by atoms with E-state index in [1.54, 1.807) is 11.7 Å². The van der Waals surface area contributed by atoms with Crippen molar-refractivity contribution in [3.05, 3.63) is 46.1 Å². The summed E-state index contributed by atoms with van der Waals surface area (Å²) in [7, 11) is 1.63. The van der Waals surface area contributed by atoms with Crippen molar-refractivity contribution in [3.63, 3.8) is 0 Å². The molecule has 2 aromatic rings. The van der Waals surface area contributed by atoms with Gasteiger partial charge in [0.25, 0.3) is 0 Å². The van der Waals surface area contributed by atoms with Gasteiger partial charge < -0.3 is 9.64 Å². The van der Waals surface area contributed by atoms with Crippen LogP contribution in [0, 0.1) is 0 Å². The molecule has 1 aromatic heterocycles. The Morgan fingerprint density at radius 3 is 2.71 bits per heavy atom. The Morgan fingerprint density at radius 1 is 1.19 bits per heavy atom. The second-order valence-electron chi connectivity index (χ2n) is 8.43. The van der Waals surface area contributed by atoms with Crippen molar-refractivity contribution >= 4 is 11.6 Å². The molecule has 0 radical (unpaired) electrons. The summed E-state index contributed by atoms with van der Waals surface area (Å²) < 4.78 is 8.40. The smallest absolute Gasteiger partial charge is 0.345 e. The van der Waals surface area contributed by atoms with Crippen LogP contribution in [0.25, 0.3) is 0 Å². The first kappa shape index (κ1) is 21.8. The van der Waals surface area contributed by atoms with Crippen LogP contribution in [0.3, 0.4) is 0 Å². The Kier molecular flexibility index (Phi) is 6.87. The number of fused-ring (bicyclic) bond motifs is 1. The van der Waals surface area contributed by atoms with Gasteiger partial charge in [-0.25, -0.2) is 9.48 Å². The highest BCUT2D eigenvalue weighted by molar-refractivity contribution is 5.95. The molecule has 3 heterocycles. The largest absolute Gasteiger partial charge is 0.383 e. The van der Waals surface area contributed by atoms with E-state index in [-0.39, 0.29) is 17.5 Å². The summed E-state index contributed by atoms with van der Waals surface area (Å²) in [6.45, 7) is 6.48. The number of rotatable bonds is 7. The normalized spacial score (nSPS) is 17.7. The maximum Gasteiger partial charge on any atom is 0.345 e. The maximum absolute atomic E-state index is 13.0. The SMILES string of the molecule is CCn1c(C2CCN(CC(=O)N3CCCc4ccccc43)CC2)nn(CCOC)c1=O. The van der Waals surface area contributed by atoms with Crippen LogP contribution in [0.1, 0.15) is 43.5 Å². The first-order chi connectivity index (χ1) is 15.1. The number of carbonyl (C=O) groups excluding carboxylic acids is 1. The van der Waals surface area contributed by atoms with E-state index in [2.05, 4.69) is 22.1 Å². The number of amides is 1. The van der Waals surface area contributed by atoms with Crippen molar-refractivity contribution in [1.82, 2.24) is 19.2 Å². The lowest BCUT2D eigenvalue weighted by Gasteiger charge is -2.34. The van der Waals surface area contributed by atoms with Gasteiger partial charge in [0.15, 0.2) is 0 Å². The van der Waals surface area contributed by atoms with E-state index in [1.165, 1.54) is 10.2 Å². The van der Waals surface area contributed by atoms with Crippen LogP contribution >= 0.6 is 0 Å². The number of nitrogens with zero attached hydrogens (tertiary/aromatic N) is 5. The minimum atomic E-state index is -0.0593. The quantitative estimate of drug-likeness (QED) is 0.675. The molecule has 0 N–H and O–H groups in total. The summed E-state index contributed by atoms with van der Waals surface area (Å²) in [4.78, 5) is 29.8. The number of carbonyl (C=O) groups is 1. The number of anilines is 1. The van der Waals surface area contributed by atoms with E-state index in [4.69, 9.17) is 4.74 Å². The van der Waals surface area contributed by atoms with Crippen LogP contribution in [0.2, 0.25) is 0 Å². The number of ether oxygens (including phenoxy) is 1. The molecular formula is C23H33N5O3. The minimum absolute atomic E-state index is 0.0593. The van der Waals surface area contributed by atoms with E-state index >= 15 is 0 Å². The molecule has 8 heteroatoms. The molecule has 0 saturated carbocycles. The molecule has 4 rings (SSSR count). The second-order valence-corrected chi connectivity index (χ2v) is 8.43. The molecular weight excluding hydrogens is 394 g/mol. The lowest BCUT2D eigenvalue weighted by atomic mass is 9.95. The first-order valence-corrected chi connectivity index (χ1v) is 11.4. The number of aromatic nitrogens is 3. The van der Waals surface area contributed by atoms with Crippen molar-refractivity contribution in [3.8, 4) is 0 Å². The molecule has 31 heavy (non-hydrogen) atoms. The number of methoxy groups -OCH3 is 1. The molecule has 168 valence electrons. The van der Waals surface area contributed by atoms with Crippen LogP contribution in [0.5, 0.6) is 0 Å². The van der Waals surface area contributed by atoms with E-state index in [9.17, 15) is 9.59 Å². The van der Waals surface area contributed by atoms with Gasteiger partial charge in [-0.05, 0) is 57.3 Å². The summed E-state index contributed by atoms with van der Waals surface area (Å²) in [6.07, 6.45) is 3.88. The highest BCUT2D eigenvalue weighted by Crippen LogP contribution is 2.29. The van der Waals surface area contributed by atoms with Gasteiger partial charge in [0.2, 0.25) is 5.91 Å². The molecule has 2 aliphatic rings. The number of piperidine rings is 1. The standard InChI is InChI=1S/C23H33N5O3/c1-3-26-22(24-28(23(26)30)15-16-31-2)19-10-13-25(14-11-19)17-21(29)27-12-6-8-18-7-4-5-9-20(18)27/h4-5,7,9,19H,3,6,8,10-17H2,1-2H3. The van der Waals surface area contributed by atoms with Crippen molar-refractivity contribution in [2.45, 2.75) is 51.6 Å². The average Bonchev–Trinajstić information content (AvgIpc) is 3.12.